The Kier molecular flexibility index (Phi) is 8.34. The smallest absolute Gasteiger partial charge is 0.216 e. The van der Waals surface area contributed by atoms with Crippen LogP contribution >= 0.6 is 0 Å². The van der Waals surface area contributed by atoms with Crippen LogP contribution in [0, 0.1) is 0 Å². The number of aromatic nitrogens is 1. The summed E-state index contributed by atoms with van der Waals surface area (Å²) in [4.78, 5) is 10.3. The molecule has 0 bridgehead atoms. The largest absolute Gasteiger partial charge is 0.378 e. The number of para-hydroxylation sites is 1. The number of ether oxygens (including phenoxy) is 1. The van der Waals surface area contributed by atoms with E-state index in [-0.39, 0.29) is 18.5 Å². The van der Waals surface area contributed by atoms with E-state index in [4.69, 9.17) is 9.73 Å². The van der Waals surface area contributed by atoms with Crippen molar-refractivity contribution in [3.05, 3.63) is 36.0 Å². The lowest BCUT2D eigenvalue weighted by molar-refractivity contribution is 0.0904. The number of fused-ring (bicyclic) bond motifs is 1. The summed E-state index contributed by atoms with van der Waals surface area (Å²) in [5.41, 5.74) is 2.40. The van der Waals surface area contributed by atoms with E-state index >= 15 is 0 Å². The minimum absolute atomic E-state index is 0.0317. The number of sulfonamides is 1. The normalized spacial score (nSPS) is 16.4. The zero-order chi connectivity index (χ0) is 22.3. The van der Waals surface area contributed by atoms with Gasteiger partial charge in [0.2, 0.25) is 10.0 Å². The summed E-state index contributed by atoms with van der Waals surface area (Å²) in [6.45, 7) is 9.74. The lowest BCUT2D eigenvalue weighted by atomic mass is 10.1. The van der Waals surface area contributed by atoms with E-state index in [1.165, 1.54) is 10.9 Å². The highest BCUT2D eigenvalue weighted by molar-refractivity contribution is 7.89. The number of guanidine groups is 1. The van der Waals surface area contributed by atoms with Crippen molar-refractivity contribution in [2.24, 2.45) is 4.99 Å². The lowest BCUT2D eigenvalue weighted by Gasteiger charge is -2.36. The van der Waals surface area contributed by atoms with Gasteiger partial charge < -0.3 is 19.9 Å². The Bertz CT molecular complexity index is 962. The number of aliphatic imine (C=N–C) groups is 1. The van der Waals surface area contributed by atoms with Crippen LogP contribution in [0.3, 0.4) is 0 Å². The van der Waals surface area contributed by atoms with Crippen molar-refractivity contribution in [3.63, 3.8) is 0 Å². The third-order valence-corrected chi connectivity index (χ3v) is 7.21. The SMILES string of the molecule is CCNC(=NCCc1c[nH]c2ccccc12)N1CCN(S(=O)(=O)CCOC(C)C)CC1. The first-order chi connectivity index (χ1) is 14.9. The predicted octanol–water partition coefficient (Wildman–Crippen LogP) is 2.05. The summed E-state index contributed by atoms with van der Waals surface area (Å²) in [6.07, 6.45) is 2.94. The van der Waals surface area contributed by atoms with E-state index in [1.807, 2.05) is 26.8 Å². The van der Waals surface area contributed by atoms with E-state index in [1.54, 1.807) is 4.31 Å². The molecule has 172 valence electrons. The number of rotatable bonds is 9. The molecule has 2 heterocycles. The number of H-pyrrole nitrogens is 1. The van der Waals surface area contributed by atoms with Gasteiger partial charge in [0.25, 0.3) is 0 Å². The highest BCUT2D eigenvalue weighted by atomic mass is 32.2. The average Bonchev–Trinajstić information content (AvgIpc) is 3.16. The summed E-state index contributed by atoms with van der Waals surface area (Å²) < 4.78 is 32.1. The highest BCUT2D eigenvalue weighted by Crippen LogP contribution is 2.18. The number of nitrogens with one attached hydrogen (secondary N) is 2. The highest BCUT2D eigenvalue weighted by Gasteiger charge is 2.28. The lowest BCUT2D eigenvalue weighted by Crippen LogP contribution is -2.54. The number of benzene rings is 1. The molecule has 0 radical (unpaired) electrons. The topological polar surface area (TPSA) is 90.0 Å². The van der Waals surface area contributed by atoms with Crippen molar-refractivity contribution in [1.29, 1.82) is 0 Å². The van der Waals surface area contributed by atoms with E-state index < -0.39 is 10.0 Å². The first kappa shape index (κ1) is 23.6. The van der Waals surface area contributed by atoms with Gasteiger partial charge in [0.15, 0.2) is 5.96 Å². The second-order valence-corrected chi connectivity index (χ2v) is 10.1. The van der Waals surface area contributed by atoms with Crippen LogP contribution in [0.25, 0.3) is 10.9 Å². The van der Waals surface area contributed by atoms with Gasteiger partial charge in [-0.2, -0.15) is 4.31 Å². The van der Waals surface area contributed by atoms with E-state index in [9.17, 15) is 8.42 Å². The maximum absolute atomic E-state index is 12.6. The quantitative estimate of drug-likeness (QED) is 0.452. The van der Waals surface area contributed by atoms with Crippen LogP contribution in [0.4, 0.5) is 0 Å². The molecule has 1 aliphatic rings. The van der Waals surface area contributed by atoms with Crippen LogP contribution < -0.4 is 5.32 Å². The van der Waals surface area contributed by atoms with E-state index in [2.05, 4.69) is 39.6 Å². The maximum atomic E-state index is 12.6. The Hall–Kier alpha value is -2.10. The zero-order valence-corrected chi connectivity index (χ0v) is 19.6. The molecule has 8 nitrogen and oxygen atoms in total. The number of aromatic amines is 1. The van der Waals surface area contributed by atoms with Crippen molar-refractivity contribution in [3.8, 4) is 0 Å². The predicted molar refractivity (Wildman–Crippen MR) is 126 cm³/mol. The molecule has 1 fully saturated rings. The second-order valence-electron chi connectivity index (χ2n) is 7.97. The van der Waals surface area contributed by atoms with E-state index in [0.717, 1.165) is 24.4 Å². The van der Waals surface area contributed by atoms with Gasteiger partial charge in [-0.15, -0.1) is 0 Å². The van der Waals surface area contributed by atoms with Crippen LogP contribution in [0.15, 0.2) is 35.5 Å². The van der Waals surface area contributed by atoms with Gasteiger partial charge in [-0.3, -0.25) is 4.99 Å². The van der Waals surface area contributed by atoms with Crippen molar-refractivity contribution in [2.45, 2.75) is 33.3 Å². The molecule has 1 aromatic carbocycles. The van der Waals surface area contributed by atoms with Gasteiger partial charge in [-0.1, -0.05) is 18.2 Å². The Morgan fingerprint density at radius 3 is 2.68 bits per heavy atom. The number of piperazine rings is 1. The molecule has 1 aromatic heterocycles. The molecule has 3 rings (SSSR count). The molecule has 0 aliphatic carbocycles. The minimum atomic E-state index is -3.29. The fourth-order valence-corrected chi connectivity index (χ4v) is 5.03. The zero-order valence-electron chi connectivity index (χ0n) is 18.8. The molecule has 0 unspecified atom stereocenters. The minimum Gasteiger partial charge on any atom is -0.378 e. The molecule has 0 saturated carbocycles. The Morgan fingerprint density at radius 1 is 1.23 bits per heavy atom. The molecule has 0 amide bonds. The standard InChI is InChI=1S/C22H35N5O3S/c1-4-23-22(24-10-9-19-17-25-21-8-6-5-7-20(19)21)26-11-13-27(14-12-26)31(28,29)16-15-30-18(2)3/h5-8,17-18,25H,4,9-16H2,1-3H3,(H,23,24). The van der Waals surface area contributed by atoms with Gasteiger partial charge >= 0.3 is 0 Å². The van der Waals surface area contributed by atoms with Crippen LogP contribution in [0.1, 0.15) is 26.3 Å². The molecule has 0 atom stereocenters. The second kappa shape index (κ2) is 11.0. The summed E-state index contributed by atoms with van der Waals surface area (Å²) in [6, 6.07) is 8.29. The van der Waals surface area contributed by atoms with Crippen molar-refractivity contribution in [1.82, 2.24) is 19.5 Å². The first-order valence-corrected chi connectivity index (χ1v) is 12.7. The van der Waals surface area contributed by atoms with Gasteiger partial charge in [0.1, 0.15) is 0 Å². The number of hydrogen-bond acceptors (Lipinski definition) is 4. The van der Waals surface area contributed by atoms with Crippen LogP contribution in [-0.2, 0) is 21.2 Å². The molecule has 2 aromatic rings. The van der Waals surface area contributed by atoms with Crippen LogP contribution in [-0.4, -0.2) is 86.3 Å². The molecule has 0 spiro atoms. The van der Waals surface area contributed by atoms with Crippen LogP contribution in [0.2, 0.25) is 0 Å². The first-order valence-electron chi connectivity index (χ1n) is 11.1. The third kappa shape index (κ3) is 6.44. The molecular formula is C22H35N5O3S. The van der Waals surface area contributed by atoms with Crippen LogP contribution in [0.5, 0.6) is 0 Å². The summed E-state index contributed by atoms with van der Waals surface area (Å²) in [5.74, 6) is 0.881. The third-order valence-electron chi connectivity index (χ3n) is 5.38. The summed E-state index contributed by atoms with van der Waals surface area (Å²) in [5, 5.41) is 4.59. The van der Waals surface area contributed by atoms with Gasteiger partial charge in [-0.05, 0) is 38.8 Å². The average molecular weight is 450 g/mol. The molecule has 2 N–H and O–H groups in total. The molecular weight excluding hydrogens is 414 g/mol. The van der Waals surface area contributed by atoms with Crippen molar-refractivity contribution >= 4 is 26.9 Å². The Morgan fingerprint density at radius 2 is 1.97 bits per heavy atom. The van der Waals surface area contributed by atoms with Crippen molar-refractivity contribution < 1.29 is 13.2 Å². The number of hydrogen-bond donors (Lipinski definition) is 2. The Balaban J connectivity index is 1.55. The summed E-state index contributed by atoms with van der Waals surface area (Å²) >= 11 is 0. The molecule has 1 saturated heterocycles. The number of nitrogens with zero attached hydrogens (tertiary/aromatic N) is 3. The maximum Gasteiger partial charge on any atom is 0.216 e. The monoisotopic (exact) mass is 449 g/mol. The van der Waals surface area contributed by atoms with E-state index in [0.29, 0.717) is 32.7 Å². The molecule has 9 heteroatoms. The van der Waals surface area contributed by atoms with Gasteiger partial charge in [-0.25, -0.2) is 8.42 Å². The fourth-order valence-electron chi connectivity index (χ4n) is 3.74. The van der Waals surface area contributed by atoms with Gasteiger partial charge in [0.05, 0.1) is 18.5 Å². The van der Waals surface area contributed by atoms with Gasteiger partial charge in [0, 0.05) is 56.4 Å². The van der Waals surface area contributed by atoms with Crippen molar-refractivity contribution in [2.75, 3.05) is 51.6 Å². The fraction of sp³-hybridized carbons (Fsp3) is 0.591. The summed E-state index contributed by atoms with van der Waals surface area (Å²) in [7, 11) is -3.29. The molecule has 1 aliphatic heterocycles. The Labute approximate surface area is 185 Å². The molecule has 31 heavy (non-hydrogen) atoms.